The third-order valence-corrected chi connectivity index (χ3v) is 5.07. The lowest BCUT2D eigenvalue weighted by molar-refractivity contribution is -0.125. The van der Waals surface area contributed by atoms with Gasteiger partial charge in [-0.15, -0.1) is 0 Å². The molecule has 1 fully saturated rings. The fourth-order valence-electron chi connectivity index (χ4n) is 3.43. The van der Waals surface area contributed by atoms with E-state index in [4.69, 9.17) is 11.6 Å². The van der Waals surface area contributed by atoms with E-state index in [2.05, 4.69) is 20.2 Å². The van der Waals surface area contributed by atoms with Gasteiger partial charge in [-0.3, -0.25) is 4.79 Å². The zero-order chi connectivity index (χ0) is 17.9. The van der Waals surface area contributed by atoms with Gasteiger partial charge in [0.1, 0.15) is 0 Å². The Balaban J connectivity index is 1.42. The first-order valence-corrected chi connectivity index (χ1v) is 9.29. The van der Waals surface area contributed by atoms with E-state index < -0.39 is 0 Å². The van der Waals surface area contributed by atoms with Gasteiger partial charge in [0.15, 0.2) is 0 Å². The number of nitrogens with zero attached hydrogens (tertiary/aromatic N) is 2. The maximum absolute atomic E-state index is 12.6. The molecular formula is C20H21ClN4O. The molecule has 1 atom stereocenters. The molecule has 26 heavy (non-hydrogen) atoms. The first kappa shape index (κ1) is 16.9. The van der Waals surface area contributed by atoms with E-state index >= 15 is 0 Å². The molecule has 1 saturated heterocycles. The Morgan fingerprint density at radius 1 is 1.27 bits per heavy atom. The molecule has 0 unspecified atom stereocenters. The molecule has 1 aliphatic heterocycles. The number of rotatable bonds is 4. The van der Waals surface area contributed by atoms with Crippen LogP contribution in [0.3, 0.4) is 0 Å². The topological polar surface area (TPSA) is 61.0 Å². The Morgan fingerprint density at radius 2 is 2.12 bits per heavy atom. The number of hydrogen-bond acceptors (Lipinski definition) is 3. The summed E-state index contributed by atoms with van der Waals surface area (Å²) in [7, 11) is 0. The zero-order valence-electron chi connectivity index (χ0n) is 14.4. The van der Waals surface area contributed by atoms with Crippen molar-refractivity contribution >= 4 is 34.5 Å². The molecule has 2 aromatic carbocycles. The third-order valence-electron chi connectivity index (χ3n) is 4.83. The van der Waals surface area contributed by atoms with Crippen LogP contribution in [-0.4, -0.2) is 29.0 Å². The van der Waals surface area contributed by atoms with Crippen molar-refractivity contribution in [3.8, 4) is 0 Å². The molecule has 0 spiro atoms. The van der Waals surface area contributed by atoms with Crippen LogP contribution in [0.15, 0.2) is 48.5 Å². The number of carbonyl (C=O) groups is 1. The first-order chi connectivity index (χ1) is 12.7. The summed E-state index contributed by atoms with van der Waals surface area (Å²) < 4.78 is 0. The number of nitrogens with one attached hydrogen (secondary N) is 2. The van der Waals surface area contributed by atoms with Crippen molar-refractivity contribution in [2.24, 2.45) is 5.92 Å². The van der Waals surface area contributed by atoms with Crippen LogP contribution in [0.25, 0.3) is 11.0 Å². The molecule has 0 bridgehead atoms. The number of carbonyl (C=O) groups excluding carboxylic acids is 1. The SMILES string of the molecule is O=C(NCc1ccccc1)[C@@H]1CCCN(c2nc3ccc(Cl)cc3[nH]2)C1. The summed E-state index contributed by atoms with van der Waals surface area (Å²) in [4.78, 5) is 22.7. The van der Waals surface area contributed by atoms with Crippen LogP contribution >= 0.6 is 11.6 Å². The van der Waals surface area contributed by atoms with E-state index in [0.717, 1.165) is 41.9 Å². The van der Waals surface area contributed by atoms with Gasteiger partial charge in [-0.1, -0.05) is 41.9 Å². The number of halogens is 1. The molecular weight excluding hydrogens is 348 g/mol. The minimum absolute atomic E-state index is 0.0238. The number of imidazole rings is 1. The van der Waals surface area contributed by atoms with Gasteiger partial charge in [0.25, 0.3) is 0 Å². The molecule has 0 radical (unpaired) electrons. The molecule has 2 heterocycles. The summed E-state index contributed by atoms with van der Waals surface area (Å²) in [6.07, 6.45) is 1.88. The Bertz CT molecular complexity index is 909. The molecule has 5 nitrogen and oxygen atoms in total. The number of hydrogen-bond donors (Lipinski definition) is 2. The maximum Gasteiger partial charge on any atom is 0.225 e. The average Bonchev–Trinajstić information content (AvgIpc) is 3.10. The van der Waals surface area contributed by atoms with Crippen LogP contribution in [-0.2, 0) is 11.3 Å². The average molecular weight is 369 g/mol. The predicted molar refractivity (Wildman–Crippen MR) is 104 cm³/mol. The molecule has 6 heteroatoms. The van der Waals surface area contributed by atoms with Crippen molar-refractivity contribution in [2.45, 2.75) is 19.4 Å². The maximum atomic E-state index is 12.6. The highest BCUT2D eigenvalue weighted by Crippen LogP contribution is 2.25. The number of anilines is 1. The van der Waals surface area contributed by atoms with Crippen molar-refractivity contribution in [1.29, 1.82) is 0 Å². The van der Waals surface area contributed by atoms with Crippen LogP contribution < -0.4 is 10.2 Å². The van der Waals surface area contributed by atoms with Crippen LogP contribution in [0.4, 0.5) is 5.95 Å². The number of fused-ring (bicyclic) bond motifs is 1. The number of H-pyrrole nitrogens is 1. The minimum Gasteiger partial charge on any atom is -0.352 e. The highest BCUT2D eigenvalue weighted by Gasteiger charge is 2.27. The quantitative estimate of drug-likeness (QED) is 0.737. The van der Waals surface area contributed by atoms with Gasteiger partial charge in [-0.25, -0.2) is 4.98 Å². The van der Waals surface area contributed by atoms with E-state index in [0.29, 0.717) is 18.1 Å². The van der Waals surface area contributed by atoms with Crippen molar-refractivity contribution in [2.75, 3.05) is 18.0 Å². The second-order valence-electron chi connectivity index (χ2n) is 6.71. The summed E-state index contributed by atoms with van der Waals surface area (Å²) in [5.41, 5.74) is 2.92. The summed E-state index contributed by atoms with van der Waals surface area (Å²) in [6, 6.07) is 15.6. The van der Waals surface area contributed by atoms with E-state index in [-0.39, 0.29) is 11.8 Å². The van der Waals surface area contributed by atoms with E-state index in [9.17, 15) is 4.79 Å². The molecule has 1 aromatic heterocycles. The van der Waals surface area contributed by atoms with E-state index in [1.54, 1.807) is 0 Å². The summed E-state index contributed by atoms with van der Waals surface area (Å²) >= 11 is 6.05. The lowest BCUT2D eigenvalue weighted by atomic mass is 9.97. The van der Waals surface area contributed by atoms with Crippen molar-refractivity contribution in [3.05, 3.63) is 59.1 Å². The monoisotopic (exact) mass is 368 g/mol. The van der Waals surface area contributed by atoms with Gasteiger partial charge in [-0.05, 0) is 36.6 Å². The Hall–Kier alpha value is -2.53. The van der Waals surface area contributed by atoms with Crippen molar-refractivity contribution in [3.63, 3.8) is 0 Å². The van der Waals surface area contributed by atoms with Crippen LogP contribution in [0.1, 0.15) is 18.4 Å². The molecule has 134 valence electrons. The largest absolute Gasteiger partial charge is 0.352 e. The Kier molecular flexibility index (Phi) is 4.80. The van der Waals surface area contributed by atoms with Gasteiger partial charge in [-0.2, -0.15) is 0 Å². The summed E-state index contributed by atoms with van der Waals surface area (Å²) in [5, 5.41) is 3.75. The van der Waals surface area contributed by atoms with Crippen LogP contribution in [0.5, 0.6) is 0 Å². The van der Waals surface area contributed by atoms with Gasteiger partial charge < -0.3 is 15.2 Å². The minimum atomic E-state index is -0.0238. The van der Waals surface area contributed by atoms with E-state index in [1.807, 2.05) is 48.5 Å². The Morgan fingerprint density at radius 3 is 2.96 bits per heavy atom. The second kappa shape index (κ2) is 7.38. The molecule has 1 amide bonds. The number of aromatic amines is 1. The van der Waals surface area contributed by atoms with E-state index in [1.165, 1.54) is 0 Å². The van der Waals surface area contributed by atoms with Crippen molar-refractivity contribution < 1.29 is 4.79 Å². The van der Waals surface area contributed by atoms with Crippen molar-refractivity contribution in [1.82, 2.24) is 15.3 Å². The number of amides is 1. The summed E-state index contributed by atoms with van der Waals surface area (Å²) in [5.74, 6) is 0.893. The van der Waals surface area contributed by atoms with Gasteiger partial charge in [0, 0.05) is 24.7 Å². The van der Waals surface area contributed by atoms with Gasteiger partial charge in [0.2, 0.25) is 11.9 Å². The summed E-state index contributed by atoms with van der Waals surface area (Å²) in [6.45, 7) is 2.14. The fourth-order valence-corrected chi connectivity index (χ4v) is 3.60. The lowest BCUT2D eigenvalue weighted by Gasteiger charge is -2.31. The molecule has 0 aliphatic carbocycles. The smallest absolute Gasteiger partial charge is 0.225 e. The molecule has 2 N–H and O–H groups in total. The first-order valence-electron chi connectivity index (χ1n) is 8.91. The predicted octanol–water partition coefficient (Wildman–Crippen LogP) is 3.75. The van der Waals surface area contributed by atoms with Crippen LogP contribution in [0.2, 0.25) is 5.02 Å². The van der Waals surface area contributed by atoms with Crippen LogP contribution in [0, 0.1) is 5.92 Å². The number of benzene rings is 2. The molecule has 3 aromatic rings. The lowest BCUT2D eigenvalue weighted by Crippen LogP contribution is -2.43. The normalized spacial score (nSPS) is 17.4. The van der Waals surface area contributed by atoms with Gasteiger partial charge in [0.05, 0.1) is 17.0 Å². The third kappa shape index (κ3) is 3.68. The highest BCUT2D eigenvalue weighted by molar-refractivity contribution is 6.31. The number of piperidine rings is 1. The van der Waals surface area contributed by atoms with Gasteiger partial charge >= 0.3 is 0 Å². The standard InChI is InChI=1S/C20H21ClN4O/c21-16-8-9-17-18(11-16)24-20(23-17)25-10-4-7-15(13-25)19(26)22-12-14-5-2-1-3-6-14/h1-3,5-6,8-9,11,15H,4,7,10,12-13H2,(H,22,26)(H,23,24)/t15-/m1/s1. The Labute approximate surface area is 157 Å². The molecule has 1 aliphatic rings. The fraction of sp³-hybridized carbons (Fsp3) is 0.300. The zero-order valence-corrected chi connectivity index (χ0v) is 15.2. The highest BCUT2D eigenvalue weighted by atomic mass is 35.5. The second-order valence-corrected chi connectivity index (χ2v) is 7.15. The molecule has 4 rings (SSSR count). The molecule has 0 saturated carbocycles. The number of aromatic nitrogens is 2.